The molecule has 0 unspecified atom stereocenters. The van der Waals surface area contributed by atoms with Crippen LogP contribution in [0.5, 0.6) is 0 Å². The van der Waals surface area contributed by atoms with E-state index in [0.717, 1.165) is 6.21 Å². The zero-order valence-corrected chi connectivity index (χ0v) is 8.40. The molecule has 0 saturated carbocycles. The number of aliphatic imine (C=N–C) groups is 1. The molecular weight excluding hydrogens is 186 g/mol. The summed E-state index contributed by atoms with van der Waals surface area (Å²) in [4.78, 5) is 25.2. The van der Waals surface area contributed by atoms with Crippen molar-refractivity contribution < 1.29 is 19.4 Å². The summed E-state index contributed by atoms with van der Waals surface area (Å²) in [6.07, 6.45) is 1.16. The van der Waals surface area contributed by atoms with E-state index >= 15 is 0 Å². The molecule has 0 heterocycles. The first-order chi connectivity index (χ1) is 6.49. The number of aliphatic hydroxyl groups excluding tert-OH is 1. The van der Waals surface area contributed by atoms with Gasteiger partial charge in [-0.25, -0.2) is 0 Å². The maximum atomic E-state index is 10.9. The summed E-state index contributed by atoms with van der Waals surface area (Å²) in [6.45, 7) is 2.51. The minimum atomic E-state index is -0.500. The highest BCUT2D eigenvalue weighted by atomic mass is 16.5. The molecule has 0 aromatic rings. The molecule has 0 spiro atoms. The number of nitrogens with zero attached hydrogens (tertiary/aromatic N) is 1. The second-order valence-corrected chi connectivity index (χ2v) is 2.60. The number of carbonyl (C=O) groups excluding carboxylic acids is 2. The maximum Gasteiger partial charge on any atom is 0.327 e. The van der Waals surface area contributed by atoms with E-state index in [-0.39, 0.29) is 23.7 Å². The fraction of sp³-hybridized carbons (Fsp3) is 0.444. The van der Waals surface area contributed by atoms with Crippen LogP contribution < -0.4 is 0 Å². The molecule has 0 atom stereocenters. The van der Waals surface area contributed by atoms with Gasteiger partial charge in [-0.3, -0.25) is 14.6 Å². The minimum Gasteiger partial charge on any atom is -0.512 e. The Morgan fingerprint density at radius 1 is 1.43 bits per heavy atom. The molecule has 5 nitrogen and oxygen atoms in total. The van der Waals surface area contributed by atoms with Gasteiger partial charge in [-0.1, -0.05) is 0 Å². The van der Waals surface area contributed by atoms with Crippen molar-refractivity contribution in [3.05, 3.63) is 11.3 Å². The third-order valence-electron chi connectivity index (χ3n) is 1.44. The van der Waals surface area contributed by atoms with Crippen molar-refractivity contribution in [2.24, 2.45) is 4.99 Å². The number of esters is 1. The molecule has 0 aromatic carbocycles. The average Bonchev–Trinajstić information content (AvgIpc) is 2.10. The van der Waals surface area contributed by atoms with Crippen LogP contribution in [0, 0.1) is 0 Å². The van der Waals surface area contributed by atoms with Gasteiger partial charge >= 0.3 is 5.97 Å². The largest absolute Gasteiger partial charge is 0.512 e. The van der Waals surface area contributed by atoms with Crippen LogP contribution in [0.2, 0.25) is 0 Å². The van der Waals surface area contributed by atoms with E-state index in [0.29, 0.717) is 0 Å². The van der Waals surface area contributed by atoms with Crippen LogP contribution in [0.4, 0.5) is 0 Å². The first kappa shape index (κ1) is 12.3. The molecule has 5 heteroatoms. The van der Waals surface area contributed by atoms with Crippen molar-refractivity contribution in [2.45, 2.75) is 13.8 Å². The zero-order chi connectivity index (χ0) is 11.1. The number of Topliss-reactive ketones (excluding diaryl/α,β-unsaturated/α-hetero) is 1. The quantitative estimate of drug-likeness (QED) is 0.312. The van der Waals surface area contributed by atoms with Gasteiger partial charge in [0.15, 0.2) is 5.78 Å². The van der Waals surface area contributed by atoms with E-state index in [4.69, 9.17) is 5.11 Å². The number of methoxy groups -OCH3 is 1. The van der Waals surface area contributed by atoms with Gasteiger partial charge in [0.25, 0.3) is 0 Å². The molecule has 0 aromatic heterocycles. The molecule has 0 aliphatic carbocycles. The van der Waals surface area contributed by atoms with Gasteiger partial charge in [-0.2, -0.15) is 0 Å². The first-order valence-electron chi connectivity index (χ1n) is 3.96. The lowest BCUT2D eigenvalue weighted by Crippen LogP contribution is -2.07. The average molecular weight is 199 g/mol. The summed E-state index contributed by atoms with van der Waals surface area (Å²) in [5, 5.41) is 9.06. The Hall–Kier alpha value is -1.65. The lowest BCUT2D eigenvalue weighted by molar-refractivity contribution is -0.138. The normalized spacial score (nSPS) is 12.5. The third kappa shape index (κ3) is 4.39. The molecule has 0 rings (SSSR count). The summed E-state index contributed by atoms with van der Waals surface area (Å²) >= 11 is 0. The third-order valence-corrected chi connectivity index (χ3v) is 1.44. The lowest BCUT2D eigenvalue weighted by Gasteiger charge is -1.97. The molecule has 0 aliphatic rings. The zero-order valence-electron chi connectivity index (χ0n) is 8.40. The van der Waals surface area contributed by atoms with Gasteiger partial charge in [-0.05, 0) is 13.8 Å². The van der Waals surface area contributed by atoms with Gasteiger partial charge in [-0.15, -0.1) is 0 Å². The van der Waals surface area contributed by atoms with Crippen molar-refractivity contribution in [1.29, 1.82) is 0 Å². The maximum absolute atomic E-state index is 10.9. The highest BCUT2D eigenvalue weighted by Crippen LogP contribution is 1.99. The summed E-state index contributed by atoms with van der Waals surface area (Å²) in [7, 11) is 1.25. The number of ether oxygens (including phenoxy) is 1. The molecular formula is C9H13NO4. The number of hydrogen-bond acceptors (Lipinski definition) is 5. The molecule has 1 N–H and O–H groups in total. The van der Waals surface area contributed by atoms with E-state index in [9.17, 15) is 9.59 Å². The van der Waals surface area contributed by atoms with Crippen LogP contribution >= 0.6 is 0 Å². The van der Waals surface area contributed by atoms with Gasteiger partial charge < -0.3 is 9.84 Å². The molecule has 0 radical (unpaired) electrons. The topological polar surface area (TPSA) is 76.0 Å². The predicted molar refractivity (Wildman–Crippen MR) is 51.4 cm³/mol. The molecule has 0 saturated heterocycles. The van der Waals surface area contributed by atoms with E-state index in [1.807, 2.05) is 0 Å². The van der Waals surface area contributed by atoms with Crippen LogP contribution in [0.3, 0.4) is 0 Å². The number of aliphatic hydroxyl groups is 1. The summed E-state index contributed by atoms with van der Waals surface area (Å²) in [6, 6.07) is 0. The fourth-order valence-electron chi connectivity index (χ4n) is 0.715. The van der Waals surface area contributed by atoms with Crippen LogP contribution in [0.15, 0.2) is 16.3 Å². The molecule has 14 heavy (non-hydrogen) atoms. The fourth-order valence-corrected chi connectivity index (χ4v) is 0.715. The Morgan fingerprint density at radius 2 is 2.00 bits per heavy atom. The first-order valence-corrected chi connectivity index (χ1v) is 3.96. The van der Waals surface area contributed by atoms with Gasteiger partial charge in [0.1, 0.15) is 12.3 Å². The van der Waals surface area contributed by atoms with Gasteiger partial charge in [0.05, 0.1) is 12.7 Å². The van der Waals surface area contributed by atoms with E-state index in [1.54, 1.807) is 0 Å². The summed E-state index contributed by atoms with van der Waals surface area (Å²) in [5.41, 5.74) is 0.0916. The summed E-state index contributed by atoms with van der Waals surface area (Å²) < 4.78 is 4.34. The molecule has 0 fully saturated rings. The van der Waals surface area contributed by atoms with Crippen molar-refractivity contribution in [3.8, 4) is 0 Å². The number of rotatable bonds is 4. The Morgan fingerprint density at radius 3 is 2.36 bits per heavy atom. The summed E-state index contributed by atoms with van der Waals surface area (Å²) in [5.74, 6) is -0.926. The van der Waals surface area contributed by atoms with Crippen LogP contribution in [-0.2, 0) is 14.3 Å². The molecule has 78 valence electrons. The number of allylic oxidation sites excluding steroid dienone is 2. The Balaban J connectivity index is 4.41. The van der Waals surface area contributed by atoms with Gasteiger partial charge in [0.2, 0.25) is 0 Å². The number of ketones is 1. The lowest BCUT2D eigenvalue weighted by atomic mass is 10.2. The standard InChI is InChI=1S/C9H13NO4/c1-6(11)8(7(2)12)4-10-5-9(13)14-3/h4,11H,5H2,1-3H3/b8-6+,10-4?. The Labute approximate surface area is 82.1 Å². The van der Waals surface area contributed by atoms with Crippen molar-refractivity contribution in [1.82, 2.24) is 0 Å². The number of carbonyl (C=O) groups is 2. The molecule has 0 aliphatic heterocycles. The van der Waals surface area contributed by atoms with Crippen LogP contribution in [0.25, 0.3) is 0 Å². The van der Waals surface area contributed by atoms with Crippen molar-refractivity contribution >= 4 is 18.0 Å². The second kappa shape index (κ2) is 5.90. The monoisotopic (exact) mass is 199 g/mol. The highest BCUT2D eigenvalue weighted by Gasteiger charge is 2.04. The van der Waals surface area contributed by atoms with Crippen molar-refractivity contribution in [3.63, 3.8) is 0 Å². The van der Waals surface area contributed by atoms with E-state index < -0.39 is 5.97 Å². The van der Waals surface area contributed by atoms with E-state index in [2.05, 4.69) is 9.73 Å². The number of hydrogen-bond donors (Lipinski definition) is 1. The minimum absolute atomic E-state index is 0.0916. The van der Waals surface area contributed by atoms with E-state index in [1.165, 1.54) is 21.0 Å². The van der Waals surface area contributed by atoms with Gasteiger partial charge in [0, 0.05) is 6.21 Å². The SMILES string of the molecule is COC(=O)CN=C/C(C(C)=O)=C(/C)O. The molecule has 0 bridgehead atoms. The Bertz CT molecular complexity index is 287. The highest BCUT2D eigenvalue weighted by molar-refractivity contribution is 6.12. The van der Waals surface area contributed by atoms with Crippen molar-refractivity contribution in [2.75, 3.05) is 13.7 Å². The second-order valence-electron chi connectivity index (χ2n) is 2.60. The molecule has 0 amide bonds. The van der Waals surface area contributed by atoms with Crippen LogP contribution in [-0.4, -0.2) is 36.7 Å². The Kier molecular flexibility index (Phi) is 5.21. The van der Waals surface area contributed by atoms with Crippen LogP contribution in [0.1, 0.15) is 13.8 Å². The smallest absolute Gasteiger partial charge is 0.327 e. The predicted octanol–water partition coefficient (Wildman–Crippen LogP) is 0.651.